The highest BCUT2D eigenvalue weighted by Gasteiger charge is 2.26. The van der Waals surface area contributed by atoms with Crippen LogP contribution in [-0.2, 0) is 0 Å². The summed E-state index contributed by atoms with van der Waals surface area (Å²) < 4.78 is 0. The molecule has 18 heavy (non-hydrogen) atoms. The van der Waals surface area contributed by atoms with Gasteiger partial charge in [0, 0.05) is 18.3 Å². The van der Waals surface area contributed by atoms with E-state index < -0.39 is 0 Å². The van der Waals surface area contributed by atoms with Crippen LogP contribution in [0.3, 0.4) is 0 Å². The van der Waals surface area contributed by atoms with Crippen LogP contribution in [0.1, 0.15) is 43.5 Å². The van der Waals surface area contributed by atoms with Gasteiger partial charge in [0.25, 0.3) is 5.91 Å². The van der Waals surface area contributed by atoms with Crippen molar-refractivity contribution in [3.05, 3.63) is 24.0 Å². The third-order valence-corrected chi connectivity index (χ3v) is 3.41. The van der Waals surface area contributed by atoms with Crippen LogP contribution in [0.2, 0.25) is 0 Å². The molecule has 0 aliphatic carbocycles. The van der Waals surface area contributed by atoms with Gasteiger partial charge in [0.2, 0.25) is 0 Å². The SMILES string of the molecule is CC1CCCC(C)N1NC(=O)c1cncc(O)c1. The standard InChI is InChI=1S/C13H19N3O2/c1-9-4-3-5-10(2)16(9)15-13(18)11-6-12(17)8-14-7-11/h6-10,17H,3-5H2,1-2H3,(H,15,18). The molecule has 2 atom stereocenters. The predicted octanol–water partition coefficient (Wildman–Crippen LogP) is 1.69. The van der Waals surface area contributed by atoms with E-state index in [1.807, 2.05) is 5.01 Å². The zero-order chi connectivity index (χ0) is 13.1. The van der Waals surface area contributed by atoms with Gasteiger partial charge < -0.3 is 5.11 Å². The van der Waals surface area contributed by atoms with Crippen LogP contribution in [-0.4, -0.2) is 33.1 Å². The van der Waals surface area contributed by atoms with Crippen molar-refractivity contribution in [1.82, 2.24) is 15.4 Å². The summed E-state index contributed by atoms with van der Waals surface area (Å²) in [7, 11) is 0. The van der Waals surface area contributed by atoms with Gasteiger partial charge in [0.1, 0.15) is 5.75 Å². The molecule has 2 rings (SSSR count). The number of carbonyl (C=O) groups is 1. The Morgan fingerprint density at radius 2 is 2.06 bits per heavy atom. The summed E-state index contributed by atoms with van der Waals surface area (Å²) in [4.78, 5) is 15.9. The second-order valence-corrected chi connectivity index (χ2v) is 4.91. The Morgan fingerprint density at radius 1 is 1.39 bits per heavy atom. The number of nitrogens with one attached hydrogen (secondary N) is 1. The summed E-state index contributed by atoms with van der Waals surface area (Å²) in [5, 5.41) is 11.3. The van der Waals surface area contributed by atoms with Crippen molar-refractivity contribution in [1.29, 1.82) is 0 Å². The van der Waals surface area contributed by atoms with E-state index in [1.165, 1.54) is 24.9 Å². The number of pyridine rings is 1. The minimum absolute atomic E-state index is 0.00221. The van der Waals surface area contributed by atoms with Crippen LogP contribution >= 0.6 is 0 Å². The van der Waals surface area contributed by atoms with E-state index in [9.17, 15) is 9.90 Å². The lowest BCUT2D eigenvalue weighted by molar-refractivity contribution is 0.0369. The molecule has 1 aromatic heterocycles. The first-order chi connectivity index (χ1) is 8.58. The summed E-state index contributed by atoms with van der Waals surface area (Å²) >= 11 is 0. The van der Waals surface area contributed by atoms with Crippen molar-refractivity contribution in [2.45, 2.75) is 45.2 Å². The second kappa shape index (κ2) is 5.35. The van der Waals surface area contributed by atoms with Crippen molar-refractivity contribution >= 4 is 5.91 Å². The van der Waals surface area contributed by atoms with Crippen LogP contribution < -0.4 is 5.43 Å². The smallest absolute Gasteiger partial charge is 0.267 e. The quantitative estimate of drug-likeness (QED) is 0.837. The molecule has 1 aliphatic heterocycles. The highest BCUT2D eigenvalue weighted by molar-refractivity contribution is 5.93. The zero-order valence-corrected chi connectivity index (χ0v) is 10.8. The van der Waals surface area contributed by atoms with Gasteiger partial charge in [0.15, 0.2) is 0 Å². The first kappa shape index (κ1) is 12.8. The Labute approximate surface area is 107 Å². The molecule has 1 aromatic rings. The number of piperidine rings is 1. The third kappa shape index (κ3) is 2.79. The summed E-state index contributed by atoms with van der Waals surface area (Å²) in [6.45, 7) is 4.22. The molecule has 0 bridgehead atoms. The Balaban J connectivity index is 2.06. The van der Waals surface area contributed by atoms with E-state index in [0.29, 0.717) is 17.6 Å². The molecule has 0 saturated carbocycles. The number of rotatable bonds is 2. The molecule has 5 nitrogen and oxygen atoms in total. The van der Waals surface area contributed by atoms with Crippen LogP contribution in [0.5, 0.6) is 5.75 Å². The Bertz CT molecular complexity index is 426. The van der Waals surface area contributed by atoms with E-state index in [0.717, 1.165) is 12.8 Å². The van der Waals surface area contributed by atoms with Crippen molar-refractivity contribution in [3.8, 4) is 5.75 Å². The largest absolute Gasteiger partial charge is 0.506 e. The average molecular weight is 249 g/mol. The normalized spacial score (nSPS) is 24.8. The highest BCUT2D eigenvalue weighted by atomic mass is 16.3. The maximum Gasteiger partial charge on any atom is 0.267 e. The molecule has 5 heteroatoms. The van der Waals surface area contributed by atoms with Crippen molar-refractivity contribution in [2.75, 3.05) is 0 Å². The first-order valence-corrected chi connectivity index (χ1v) is 6.31. The third-order valence-electron chi connectivity index (χ3n) is 3.41. The predicted molar refractivity (Wildman–Crippen MR) is 68.0 cm³/mol. The van der Waals surface area contributed by atoms with Crippen molar-refractivity contribution in [2.24, 2.45) is 0 Å². The summed E-state index contributed by atoms with van der Waals surface area (Å²) in [6.07, 6.45) is 6.13. The Kier molecular flexibility index (Phi) is 3.81. The second-order valence-electron chi connectivity index (χ2n) is 4.91. The van der Waals surface area contributed by atoms with Crippen LogP contribution in [0, 0.1) is 0 Å². The van der Waals surface area contributed by atoms with Crippen LogP contribution in [0.4, 0.5) is 0 Å². The van der Waals surface area contributed by atoms with Crippen LogP contribution in [0.15, 0.2) is 18.5 Å². The fourth-order valence-corrected chi connectivity index (χ4v) is 2.38. The van der Waals surface area contributed by atoms with Gasteiger partial charge in [-0.15, -0.1) is 0 Å². The van der Waals surface area contributed by atoms with E-state index in [2.05, 4.69) is 24.3 Å². The Morgan fingerprint density at radius 3 is 2.67 bits per heavy atom. The van der Waals surface area contributed by atoms with Gasteiger partial charge in [-0.25, -0.2) is 5.01 Å². The number of aromatic nitrogens is 1. The number of hydrazine groups is 1. The molecule has 1 fully saturated rings. The van der Waals surface area contributed by atoms with Gasteiger partial charge in [-0.05, 0) is 32.8 Å². The molecule has 0 radical (unpaired) electrons. The maximum atomic E-state index is 12.1. The molecule has 98 valence electrons. The highest BCUT2D eigenvalue weighted by Crippen LogP contribution is 2.20. The lowest BCUT2D eigenvalue weighted by atomic mass is 10.00. The topological polar surface area (TPSA) is 65.5 Å². The molecule has 2 N–H and O–H groups in total. The van der Waals surface area contributed by atoms with Gasteiger partial charge in [0.05, 0.1) is 11.8 Å². The summed E-state index contributed by atoms with van der Waals surface area (Å²) in [5.74, 6) is -0.221. The van der Waals surface area contributed by atoms with E-state index in [-0.39, 0.29) is 11.7 Å². The number of carbonyl (C=O) groups excluding carboxylic acids is 1. The number of nitrogens with zero attached hydrogens (tertiary/aromatic N) is 2. The number of aromatic hydroxyl groups is 1. The van der Waals surface area contributed by atoms with Crippen molar-refractivity contribution in [3.63, 3.8) is 0 Å². The number of hydrogen-bond acceptors (Lipinski definition) is 4. The van der Waals surface area contributed by atoms with Gasteiger partial charge in [-0.2, -0.15) is 0 Å². The lowest BCUT2D eigenvalue weighted by Crippen LogP contribution is -2.54. The fourth-order valence-electron chi connectivity index (χ4n) is 2.38. The molecular formula is C13H19N3O2. The molecule has 1 aliphatic rings. The minimum Gasteiger partial charge on any atom is -0.506 e. The van der Waals surface area contributed by atoms with Gasteiger partial charge >= 0.3 is 0 Å². The number of hydrogen-bond donors (Lipinski definition) is 2. The zero-order valence-electron chi connectivity index (χ0n) is 10.8. The molecule has 0 spiro atoms. The monoisotopic (exact) mass is 249 g/mol. The lowest BCUT2D eigenvalue weighted by Gasteiger charge is -2.38. The average Bonchev–Trinajstić information content (AvgIpc) is 2.34. The summed E-state index contributed by atoms with van der Waals surface area (Å²) in [6, 6.07) is 2.09. The van der Waals surface area contributed by atoms with E-state index in [4.69, 9.17) is 0 Å². The number of amides is 1. The Hall–Kier alpha value is -1.62. The summed E-state index contributed by atoms with van der Waals surface area (Å²) in [5.41, 5.74) is 3.28. The molecule has 1 amide bonds. The first-order valence-electron chi connectivity index (χ1n) is 6.31. The molecule has 1 saturated heterocycles. The van der Waals surface area contributed by atoms with Gasteiger partial charge in [-0.1, -0.05) is 6.42 Å². The van der Waals surface area contributed by atoms with E-state index in [1.54, 1.807) is 0 Å². The van der Waals surface area contributed by atoms with Crippen LogP contribution in [0.25, 0.3) is 0 Å². The van der Waals surface area contributed by atoms with E-state index >= 15 is 0 Å². The molecule has 2 unspecified atom stereocenters. The molecule has 0 aromatic carbocycles. The fraction of sp³-hybridized carbons (Fsp3) is 0.538. The van der Waals surface area contributed by atoms with Gasteiger partial charge in [-0.3, -0.25) is 15.2 Å². The van der Waals surface area contributed by atoms with Crippen molar-refractivity contribution < 1.29 is 9.90 Å². The maximum absolute atomic E-state index is 12.1. The minimum atomic E-state index is -0.223. The molecule has 2 heterocycles. The molecular weight excluding hydrogens is 230 g/mol.